The van der Waals surface area contributed by atoms with Gasteiger partial charge in [0.1, 0.15) is 0 Å². The second-order valence-corrected chi connectivity index (χ2v) is 4.41. The summed E-state index contributed by atoms with van der Waals surface area (Å²) in [4.78, 5) is 24.1. The minimum absolute atomic E-state index is 0.403. The fraction of sp³-hybridized carbons (Fsp3) is 0.818. The van der Waals surface area contributed by atoms with E-state index in [1.54, 1.807) is 4.90 Å². The number of carboxylic acids is 1. The number of aliphatic hydroxyl groups excluding tert-OH is 1. The first-order valence-electron chi connectivity index (χ1n) is 5.97. The quantitative estimate of drug-likeness (QED) is 0.599. The van der Waals surface area contributed by atoms with Crippen molar-refractivity contribution in [1.29, 1.82) is 0 Å². The van der Waals surface area contributed by atoms with Crippen molar-refractivity contribution in [3.63, 3.8) is 0 Å². The van der Waals surface area contributed by atoms with Crippen molar-refractivity contribution in [1.82, 2.24) is 10.2 Å². The maximum Gasteiger partial charge on any atom is 0.328 e. The maximum absolute atomic E-state index is 11.8. The molecule has 17 heavy (non-hydrogen) atoms. The van der Waals surface area contributed by atoms with Crippen LogP contribution in [0.5, 0.6) is 0 Å². The number of nitrogens with one attached hydrogen (secondary N) is 1. The first kappa shape index (κ1) is 13.8. The first-order valence-corrected chi connectivity index (χ1v) is 5.97. The Labute approximate surface area is 101 Å². The molecule has 0 aliphatic heterocycles. The summed E-state index contributed by atoms with van der Waals surface area (Å²) in [5, 5.41) is 19.9. The average molecular weight is 244 g/mol. The van der Waals surface area contributed by atoms with Crippen molar-refractivity contribution in [2.45, 2.75) is 32.2 Å². The van der Waals surface area contributed by atoms with E-state index in [2.05, 4.69) is 5.32 Å². The van der Waals surface area contributed by atoms with Crippen LogP contribution in [0.4, 0.5) is 4.79 Å². The van der Waals surface area contributed by atoms with Crippen molar-refractivity contribution in [3.8, 4) is 0 Å². The van der Waals surface area contributed by atoms with Gasteiger partial charge in [0.25, 0.3) is 0 Å². The van der Waals surface area contributed by atoms with E-state index in [-0.39, 0.29) is 0 Å². The van der Waals surface area contributed by atoms with Crippen LogP contribution in [0.2, 0.25) is 0 Å². The van der Waals surface area contributed by atoms with Gasteiger partial charge in [-0.3, -0.25) is 0 Å². The van der Waals surface area contributed by atoms with Crippen LogP contribution in [0.15, 0.2) is 0 Å². The van der Waals surface area contributed by atoms with Crippen molar-refractivity contribution < 1.29 is 19.8 Å². The lowest BCUT2D eigenvalue weighted by Gasteiger charge is -2.24. The van der Waals surface area contributed by atoms with E-state index in [0.29, 0.717) is 19.0 Å². The van der Waals surface area contributed by atoms with Crippen LogP contribution in [0.3, 0.4) is 0 Å². The van der Waals surface area contributed by atoms with Gasteiger partial charge >= 0.3 is 12.0 Å². The summed E-state index contributed by atoms with van der Waals surface area (Å²) in [7, 11) is 0. The summed E-state index contributed by atoms with van der Waals surface area (Å²) in [5.74, 6) is -0.659. The lowest BCUT2D eigenvalue weighted by molar-refractivity contribution is -0.140. The normalized spacial score (nSPS) is 16.4. The second-order valence-electron chi connectivity index (χ2n) is 4.41. The number of urea groups is 1. The number of aliphatic hydroxyl groups is 1. The molecule has 0 aromatic heterocycles. The SMILES string of the molecule is CCCN(CC1CC1)C(=O)N[C@H](CO)C(=O)O. The zero-order chi connectivity index (χ0) is 12.8. The number of carbonyl (C=O) groups is 2. The van der Waals surface area contributed by atoms with Crippen molar-refractivity contribution in [3.05, 3.63) is 0 Å². The molecule has 0 heterocycles. The third-order valence-electron chi connectivity index (χ3n) is 2.73. The highest BCUT2D eigenvalue weighted by molar-refractivity contribution is 5.82. The van der Waals surface area contributed by atoms with Gasteiger partial charge in [0, 0.05) is 13.1 Å². The third-order valence-corrected chi connectivity index (χ3v) is 2.73. The van der Waals surface area contributed by atoms with E-state index in [1.165, 1.54) is 0 Å². The number of carbonyl (C=O) groups excluding carboxylic acids is 1. The first-order chi connectivity index (χ1) is 8.08. The molecule has 1 rings (SSSR count). The minimum atomic E-state index is -1.22. The molecule has 6 nitrogen and oxygen atoms in total. The Bertz CT molecular complexity index is 279. The van der Waals surface area contributed by atoms with Crippen molar-refractivity contribution in [2.75, 3.05) is 19.7 Å². The van der Waals surface area contributed by atoms with Gasteiger partial charge in [0.05, 0.1) is 6.61 Å². The largest absolute Gasteiger partial charge is 0.480 e. The van der Waals surface area contributed by atoms with Gasteiger partial charge in [-0.1, -0.05) is 6.92 Å². The summed E-state index contributed by atoms with van der Waals surface area (Å²) in [6.45, 7) is 2.66. The van der Waals surface area contributed by atoms with Crippen LogP contribution in [-0.2, 0) is 4.79 Å². The van der Waals surface area contributed by atoms with Gasteiger partial charge in [-0.05, 0) is 25.2 Å². The van der Waals surface area contributed by atoms with Crippen molar-refractivity contribution >= 4 is 12.0 Å². The maximum atomic E-state index is 11.8. The highest BCUT2D eigenvalue weighted by atomic mass is 16.4. The van der Waals surface area contributed by atoms with E-state index in [4.69, 9.17) is 10.2 Å². The van der Waals surface area contributed by atoms with Gasteiger partial charge in [0.2, 0.25) is 0 Å². The molecule has 0 radical (unpaired) electrons. The summed E-state index contributed by atoms with van der Waals surface area (Å²) >= 11 is 0. The molecular formula is C11H20N2O4. The Balaban J connectivity index is 2.47. The molecule has 2 amide bonds. The number of rotatable bonds is 7. The zero-order valence-corrected chi connectivity index (χ0v) is 10.1. The smallest absolute Gasteiger partial charge is 0.328 e. The summed E-state index contributed by atoms with van der Waals surface area (Å²) in [6.07, 6.45) is 3.10. The van der Waals surface area contributed by atoms with E-state index in [9.17, 15) is 9.59 Å². The standard InChI is InChI=1S/C11H20N2O4/c1-2-5-13(6-8-3-4-8)11(17)12-9(7-14)10(15)16/h8-9,14H,2-7H2,1H3,(H,12,17)(H,15,16)/t9-/m1/s1. The van der Waals surface area contributed by atoms with Gasteiger partial charge in [-0.2, -0.15) is 0 Å². The number of hydrogen-bond acceptors (Lipinski definition) is 3. The molecule has 98 valence electrons. The summed E-state index contributed by atoms with van der Waals surface area (Å²) < 4.78 is 0. The monoisotopic (exact) mass is 244 g/mol. The number of amides is 2. The fourth-order valence-electron chi connectivity index (χ4n) is 1.58. The Kier molecular flexibility index (Phi) is 5.21. The molecule has 1 aliphatic rings. The van der Waals surface area contributed by atoms with Gasteiger partial charge in [0.15, 0.2) is 6.04 Å². The molecule has 1 atom stereocenters. The van der Waals surface area contributed by atoms with E-state index in [1.807, 2.05) is 6.92 Å². The van der Waals surface area contributed by atoms with Gasteiger partial charge < -0.3 is 20.4 Å². The van der Waals surface area contributed by atoms with E-state index >= 15 is 0 Å². The van der Waals surface area contributed by atoms with Gasteiger partial charge in [-0.25, -0.2) is 9.59 Å². The molecule has 3 N–H and O–H groups in total. The molecule has 1 saturated carbocycles. The second kappa shape index (κ2) is 6.44. The van der Waals surface area contributed by atoms with E-state index < -0.39 is 24.6 Å². The minimum Gasteiger partial charge on any atom is -0.480 e. The topological polar surface area (TPSA) is 89.9 Å². The predicted molar refractivity (Wildman–Crippen MR) is 61.6 cm³/mol. The number of hydrogen-bond donors (Lipinski definition) is 3. The predicted octanol–water partition coefficient (Wildman–Crippen LogP) is 0.263. The molecule has 0 aromatic rings. The van der Waals surface area contributed by atoms with Crippen LogP contribution in [0.1, 0.15) is 26.2 Å². The molecule has 6 heteroatoms. The molecule has 1 fully saturated rings. The highest BCUT2D eigenvalue weighted by Gasteiger charge is 2.28. The molecule has 0 aromatic carbocycles. The van der Waals surface area contributed by atoms with Crippen LogP contribution in [-0.4, -0.2) is 52.9 Å². The number of carboxylic acid groups (broad SMARTS) is 1. The highest BCUT2D eigenvalue weighted by Crippen LogP contribution is 2.29. The van der Waals surface area contributed by atoms with Crippen molar-refractivity contribution in [2.24, 2.45) is 5.92 Å². The Morgan fingerprint density at radius 2 is 2.12 bits per heavy atom. The van der Waals surface area contributed by atoms with Crippen LogP contribution in [0, 0.1) is 5.92 Å². The Morgan fingerprint density at radius 3 is 2.53 bits per heavy atom. The molecule has 0 saturated heterocycles. The average Bonchev–Trinajstić information content (AvgIpc) is 3.08. The lowest BCUT2D eigenvalue weighted by Crippen LogP contribution is -2.50. The number of aliphatic carboxylic acids is 1. The van der Waals surface area contributed by atoms with Crippen LogP contribution in [0.25, 0.3) is 0 Å². The summed E-state index contributed by atoms with van der Waals surface area (Å²) in [5.41, 5.74) is 0. The third kappa shape index (κ3) is 4.60. The van der Waals surface area contributed by atoms with Crippen LogP contribution < -0.4 is 5.32 Å². The Morgan fingerprint density at radius 1 is 1.47 bits per heavy atom. The van der Waals surface area contributed by atoms with E-state index in [0.717, 1.165) is 19.3 Å². The number of nitrogens with zero attached hydrogens (tertiary/aromatic N) is 1. The summed E-state index contributed by atoms with van der Waals surface area (Å²) in [6, 6.07) is -1.62. The lowest BCUT2D eigenvalue weighted by atomic mass is 10.3. The zero-order valence-electron chi connectivity index (χ0n) is 10.1. The molecular weight excluding hydrogens is 224 g/mol. The Hall–Kier alpha value is -1.30. The van der Waals surface area contributed by atoms with Gasteiger partial charge in [-0.15, -0.1) is 0 Å². The molecule has 1 aliphatic carbocycles. The fourth-order valence-corrected chi connectivity index (χ4v) is 1.58. The molecule has 0 spiro atoms. The molecule has 0 unspecified atom stereocenters. The molecule has 0 bridgehead atoms. The van der Waals surface area contributed by atoms with Crippen LogP contribution >= 0.6 is 0 Å².